The lowest BCUT2D eigenvalue weighted by atomic mass is 10.2. The Morgan fingerprint density at radius 1 is 1.23 bits per heavy atom. The molecule has 2 rings (SSSR count). The topological polar surface area (TPSA) is 61.6 Å². The number of rotatable bonds is 4. The third kappa shape index (κ3) is 5.96. The zero-order valence-electron chi connectivity index (χ0n) is 12.5. The van der Waals surface area contributed by atoms with Gasteiger partial charge in [0.1, 0.15) is 5.82 Å². The molecule has 22 heavy (non-hydrogen) atoms. The number of amides is 1. The molecule has 1 aliphatic heterocycles. The molecule has 1 fully saturated rings. The summed E-state index contributed by atoms with van der Waals surface area (Å²) in [5, 5.41) is 2.74. The lowest BCUT2D eigenvalue weighted by Crippen LogP contribution is -2.48. The Morgan fingerprint density at radius 3 is 2.36 bits per heavy atom. The van der Waals surface area contributed by atoms with Crippen molar-refractivity contribution in [3.05, 3.63) is 24.0 Å². The summed E-state index contributed by atoms with van der Waals surface area (Å²) in [5.74, 6) is -0.570. The number of halogens is 3. The van der Waals surface area contributed by atoms with Gasteiger partial charge < -0.3 is 16.0 Å². The Kier molecular flexibility index (Phi) is 9.36. The van der Waals surface area contributed by atoms with E-state index in [0.717, 1.165) is 32.7 Å². The molecule has 0 atom stereocenters. The number of benzene rings is 1. The molecule has 1 aliphatic rings. The molecule has 0 bridgehead atoms. The van der Waals surface area contributed by atoms with Crippen LogP contribution in [0.4, 0.5) is 15.8 Å². The second-order valence-electron chi connectivity index (χ2n) is 4.99. The number of hydrogen-bond acceptors (Lipinski definition) is 4. The van der Waals surface area contributed by atoms with Gasteiger partial charge >= 0.3 is 0 Å². The van der Waals surface area contributed by atoms with Crippen molar-refractivity contribution in [1.29, 1.82) is 0 Å². The Bertz CT molecular complexity index is 482. The van der Waals surface area contributed by atoms with E-state index in [4.69, 9.17) is 5.73 Å². The van der Waals surface area contributed by atoms with Crippen LogP contribution < -0.4 is 11.1 Å². The van der Waals surface area contributed by atoms with E-state index in [1.807, 2.05) is 0 Å². The summed E-state index contributed by atoms with van der Waals surface area (Å²) in [4.78, 5) is 16.4. The molecule has 1 saturated heterocycles. The first-order valence-corrected chi connectivity index (χ1v) is 6.88. The molecule has 0 spiro atoms. The summed E-state index contributed by atoms with van der Waals surface area (Å²) in [6, 6.07) is 4.20. The van der Waals surface area contributed by atoms with Crippen LogP contribution in [0.2, 0.25) is 0 Å². The lowest BCUT2D eigenvalue weighted by molar-refractivity contribution is -0.117. The molecule has 126 valence electrons. The molecule has 8 heteroatoms. The fourth-order valence-corrected chi connectivity index (χ4v) is 2.29. The van der Waals surface area contributed by atoms with Gasteiger partial charge in [-0.1, -0.05) is 6.92 Å². The Hall–Kier alpha value is -1.08. The maximum atomic E-state index is 13.0. The zero-order valence-corrected chi connectivity index (χ0v) is 14.2. The first-order chi connectivity index (χ1) is 9.58. The van der Waals surface area contributed by atoms with E-state index in [2.05, 4.69) is 22.0 Å². The fraction of sp³-hybridized carbons (Fsp3) is 0.500. The van der Waals surface area contributed by atoms with Crippen molar-refractivity contribution < 1.29 is 9.18 Å². The zero-order chi connectivity index (χ0) is 14.5. The van der Waals surface area contributed by atoms with E-state index in [1.54, 1.807) is 0 Å². The van der Waals surface area contributed by atoms with Crippen LogP contribution in [-0.4, -0.2) is 55.0 Å². The molecule has 3 N–H and O–H groups in total. The number of anilines is 2. The number of likely N-dealkylation sites (N-methyl/N-ethyl adjacent to an activating group) is 1. The molecule has 1 heterocycles. The van der Waals surface area contributed by atoms with Gasteiger partial charge in [0.25, 0.3) is 0 Å². The van der Waals surface area contributed by atoms with Gasteiger partial charge in [0.05, 0.1) is 12.2 Å². The first-order valence-electron chi connectivity index (χ1n) is 6.88. The largest absolute Gasteiger partial charge is 0.396 e. The molecule has 1 amide bonds. The van der Waals surface area contributed by atoms with Gasteiger partial charge in [0.2, 0.25) is 5.91 Å². The second kappa shape index (κ2) is 9.84. The third-order valence-electron chi connectivity index (χ3n) is 3.56. The van der Waals surface area contributed by atoms with E-state index >= 15 is 0 Å². The van der Waals surface area contributed by atoms with E-state index < -0.39 is 5.82 Å². The van der Waals surface area contributed by atoms with Gasteiger partial charge in [0, 0.05) is 31.9 Å². The van der Waals surface area contributed by atoms with E-state index in [9.17, 15) is 9.18 Å². The van der Waals surface area contributed by atoms with Crippen molar-refractivity contribution in [2.45, 2.75) is 6.92 Å². The molecular weight excluding hydrogens is 330 g/mol. The molecule has 0 radical (unpaired) electrons. The summed E-state index contributed by atoms with van der Waals surface area (Å²) in [6.07, 6.45) is 0. The highest BCUT2D eigenvalue weighted by molar-refractivity contribution is 5.92. The van der Waals surface area contributed by atoms with Crippen LogP contribution in [0.5, 0.6) is 0 Å². The lowest BCUT2D eigenvalue weighted by Gasteiger charge is -2.33. The molecule has 0 aliphatic carbocycles. The smallest absolute Gasteiger partial charge is 0.238 e. The van der Waals surface area contributed by atoms with Crippen LogP contribution in [-0.2, 0) is 4.79 Å². The summed E-state index contributed by atoms with van der Waals surface area (Å²) < 4.78 is 13.0. The highest BCUT2D eigenvalue weighted by Crippen LogP contribution is 2.16. The van der Waals surface area contributed by atoms with E-state index in [0.29, 0.717) is 12.2 Å². The van der Waals surface area contributed by atoms with Gasteiger partial charge in [-0.05, 0) is 24.7 Å². The normalized spacial score (nSPS) is 15.5. The van der Waals surface area contributed by atoms with Crippen molar-refractivity contribution in [2.24, 2.45) is 0 Å². The molecule has 0 saturated carbocycles. The fourth-order valence-electron chi connectivity index (χ4n) is 2.29. The maximum absolute atomic E-state index is 13.0. The molecule has 1 aromatic rings. The summed E-state index contributed by atoms with van der Waals surface area (Å²) >= 11 is 0. The van der Waals surface area contributed by atoms with Crippen molar-refractivity contribution in [2.75, 3.05) is 50.3 Å². The number of nitrogen functional groups attached to an aromatic ring is 1. The van der Waals surface area contributed by atoms with Crippen molar-refractivity contribution in [3.63, 3.8) is 0 Å². The molecular formula is C14H23Cl2FN4O. The monoisotopic (exact) mass is 352 g/mol. The maximum Gasteiger partial charge on any atom is 0.238 e. The molecule has 1 aromatic carbocycles. The van der Waals surface area contributed by atoms with E-state index in [-0.39, 0.29) is 36.4 Å². The van der Waals surface area contributed by atoms with Gasteiger partial charge in [-0.25, -0.2) is 4.39 Å². The van der Waals surface area contributed by atoms with Crippen LogP contribution in [0.3, 0.4) is 0 Å². The number of nitrogens with two attached hydrogens (primary N) is 1. The molecule has 0 aromatic heterocycles. The first kappa shape index (κ1) is 20.9. The third-order valence-corrected chi connectivity index (χ3v) is 3.56. The number of carbonyl (C=O) groups excluding carboxylic acids is 1. The van der Waals surface area contributed by atoms with Gasteiger partial charge in [-0.3, -0.25) is 9.69 Å². The van der Waals surface area contributed by atoms with Crippen LogP contribution in [0, 0.1) is 5.82 Å². The van der Waals surface area contributed by atoms with Crippen LogP contribution >= 0.6 is 24.8 Å². The highest BCUT2D eigenvalue weighted by Gasteiger charge is 2.17. The predicted octanol–water partition coefficient (Wildman–Crippen LogP) is 1.83. The quantitative estimate of drug-likeness (QED) is 0.811. The van der Waals surface area contributed by atoms with Crippen molar-refractivity contribution >= 4 is 42.1 Å². The van der Waals surface area contributed by atoms with Gasteiger partial charge in [0.15, 0.2) is 0 Å². The number of carbonyl (C=O) groups is 1. The number of nitrogens with one attached hydrogen (secondary N) is 1. The average Bonchev–Trinajstić information content (AvgIpc) is 2.44. The standard InChI is InChI=1S/C14H21FN4O.2ClH/c1-2-18-5-7-19(8-6-18)10-14(20)17-11-3-4-12(15)13(16)9-11;;/h3-4,9H,2,5-8,10,16H2,1H3,(H,17,20);2*1H. The minimum absolute atomic E-state index is 0. The van der Waals surface area contributed by atoms with Crippen LogP contribution in [0.1, 0.15) is 6.92 Å². The van der Waals surface area contributed by atoms with Crippen molar-refractivity contribution in [3.8, 4) is 0 Å². The van der Waals surface area contributed by atoms with Gasteiger partial charge in [-0.2, -0.15) is 0 Å². The minimum Gasteiger partial charge on any atom is -0.396 e. The summed E-state index contributed by atoms with van der Waals surface area (Å²) in [6.45, 7) is 7.32. The van der Waals surface area contributed by atoms with Crippen LogP contribution in [0.25, 0.3) is 0 Å². The Balaban J connectivity index is 0.00000220. The number of nitrogens with zero attached hydrogens (tertiary/aromatic N) is 2. The Morgan fingerprint density at radius 2 is 1.82 bits per heavy atom. The number of hydrogen-bond donors (Lipinski definition) is 2. The summed E-state index contributed by atoms with van der Waals surface area (Å²) in [7, 11) is 0. The molecule has 5 nitrogen and oxygen atoms in total. The van der Waals surface area contributed by atoms with Crippen molar-refractivity contribution in [1.82, 2.24) is 9.80 Å². The Labute approximate surface area is 142 Å². The SMILES string of the molecule is CCN1CCN(CC(=O)Nc2ccc(F)c(N)c2)CC1.Cl.Cl. The highest BCUT2D eigenvalue weighted by atomic mass is 35.5. The predicted molar refractivity (Wildman–Crippen MR) is 92.5 cm³/mol. The summed E-state index contributed by atoms with van der Waals surface area (Å²) in [5.41, 5.74) is 6.04. The second-order valence-corrected chi connectivity index (χ2v) is 4.99. The van der Waals surface area contributed by atoms with Gasteiger partial charge in [-0.15, -0.1) is 24.8 Å². The average molecular weight is 353 g/mol. The van der Waals surface area contributed by atoms with E-state index in [1.165, 1.54) is 18.2 Å². The number of piperazine rings is 1. The minimum atomic E-state index is -0.473. The molecule has 0 unspecified atom stereocenters. The van der Waals surface area contributed by atoms with Crippen LogP contribution in [0.15, 0.2) is 18.2 Å².